The predicted molar refractivity (Wildman–Crippen MR) is 311 cm³/mol. The summed E-state index contributed by atoms with van der Waals surface area (Å²) in [7, 11) is 0. The Balaban J connectivity index is 0.710. The number of hydrogen-bond donors (Lipinski definition) is 0. The molecule has 0 N–H and O–H groups in total. The maximum Gasteiger partial charge on any atom is -0.00139 e. The summed E-state index contributed by atoms with van der Waals surface area (Å²) in [6, 6.07) is 80.2. The van der Waals surface area contributed by atoms with Crippen molar-refractivity contribution >= 4 is 151 Å². The zero-order chi connectivity index (χ0) is 46.0. The molecule has 0 amide bonds. The van der Waals surface area contributed by atoms with Crippen LogP contribution in [0.5, 0.6) is 0 Å². The van der Waals surface area contributed by atoms with Crippen molar-refractivity contribution in [2.75, 3.05) is 0 Å². The van der Waals surface area contributed by atoms with E-state index in [0.29, 0.717) is 0 Å². The summed E-state index contributed by atoms with van der Waals surface area (Å²) >= 11 is 0. The van der Waals surface area contributed by atoms with E-state index in [1.807, 2.05) is 0 Å². The zero-order valence-corrected chi connectivity index (χ0v) is 38.6. The minimum absolute atomic E-state index is 1.25. The Bertz CT molecular complexity index is 5090. The molecule has 0 heterocycles. The van der Waals surface area contributed by atoms with Crippen LogP contribution in [0.2, 0.25) is 0 Å². The van der Waals surface area contributed by atoms with Crippen LogP contribution in [0.4, 0.5) is 0 Å². The van der Waals surface area contributed by atoms with Gasteiger partial charge in [-0.15, -0.1) is 0 Å². The summed E-state index contributed by atoms with van der Waals surface area (Å²) in [5.41, 5.74) is 13.3. The Morgan fingerprint density at radius 1 is 0.139 bits per heavy atom. The molecule has 2 aliphatic rings. The summed E-state index contributed by atoms with van der Waals surface area (Å²) in [6.45, 7) is 0. The van der Waals surface area contributed by atoms with E-state index < -0.39 is 0 Å². The summed E-state index contributed by atoms with van der Waals surface area (Å²) in [5.74, 6) is 0. The van der Waals surface area contributed by atoms with Gasteiger partial charge in [-0.25, -0.2) is 0 Å². The lowest BCUT2D eigenvalue weighted by Gasteiger charge is -2.10. The number of benzene rings is 14. The third-order valence-corrected chi connectivity index (χ3v) is 18.2. The fraction of sp³-hybridized carbons (Fsp3) is 0. The van der Waals surface area contributed by atoms with Crippen LogP contribution in [0.1, 0.15) is 0 Å². The molecule has 0 aromatic heterocycles. The summed E-state index contributed by atoms with van der Waals surface area (Å²) in [4.78, 5) is 0. The molecule has 18 aromatic rings. The Morgan fingerprint density at radius 3 is 0.750 bits per heavy atom. The van der Waals surface area contributed by atoms with Crippen molar-refractivity contribution in [3.63, 3.8) is 0 Å². The number of rotatable bonds is 1. The Morgan fingerprint density at radius 2 is 0.431 bits per heavy atom. The van der Waals surface area contributed by atoms with Gasteiger partial charge >= 0.3 is 0 Å². The topological polar surface area (TPSA) is 0 Å². The Kier molecular flexibility index (Phi) is 5.85. The quantitative estimate of drug-likeness (QED) is 0.154. The van der Waals surface area contributed by atoms with Gasteiger partial charge in [-0.3, -0.25) is 0 Å². The lowest BCUT2D eigenvalue weighted by molar-refractivity contribution is 1.67. The minimum Gasteiger partial charge on any atom is -0.0610 e. The highest BCUT2D eigenvalue weighted by molar-refractivity contribution is 6.42. The highest BCUT2D eigenvalue weighted by Gasteiger charge is 2.29. The number of hydrogen-bond acceptors (Lipinski definition) is 0. The fourth-order valence-corrected chi connectivity index (χ4v) is 15.2. The van der Waals surface area contributed by atoms with Gasteiger partial charge in [0.15, 0.2) is 0 Å². The first kappa shape index (κ1) is 35.7. The van der Waals surface area contributed by atoms with Crippen LogP contribution < -0.4 is 0 Å². The van der Waals surface area contributed by atoms with Crippen LogP contribution in [0.15, 0.2) is 206 Å². The Labute approximate surface area is 410 Å². The first-order valence-electron chi connectivity index (χ1n) is 25.5. The Hall–Kier alpha value is -9.36. The molecule has 0 radical (unpaired) electrons. The van der Waals surface area contributed by atoms with Crippen molar-refractivity contribution in [1.82, 2.24) is 0 Å². The SMILES string of the molecule is c1cc2cccc3c4cc5c(cc4c(c1)c23)c1ccc2c3c(ccc5c31)-c1cc3cc(-c4ccc5cc6c(cc5c4)-c4ccc5c7cc8c(cc7c7ccc-6c4c75)c4cccc5cccc8c54)ccc3cc1-2. The van der Waals surface area contributed by atoms with Gasteiger partial charge in [0.1, 0.15) is 0 Å². The van der Waals surface area contributed by atoms with Crippen molar-refractivity contribution in [3.8, 4) is 55.6 Å². The van der Waals surface area contributed by atoms with Crippen molar-refractivity contribution in [2.24, 2.45) is 0 Å². The first-order chi connectivity index (χ1) is 35.7. The summed E-state index contributed by atoms with van der Waals surface area (Å²) in [5, 5.41) is 37.9. The second kappa shape index (κ2) is 11.8. The standard InChI is InChI=1S/C72H34/c1-5-35-7-3-11-45-61-33-65-53-23-19-49-57-29-41-25-37(13-15-39(41)27-55(57)47-17-21-51(71(53)69(47)49)63(65)31-59(61)43(9-1)67(35)45)38-14-16-40-28-56-48-18-22-52-64-32-60-44-10-2-6-36-8-4-12-46(68(36)44)62(60)34-66(64)54-24-20-50(70(48)72(52)54)58(56)30-42(40)26-38/h1-34H. The second-order valence-electron chi connectivity index (χ2n) is 21.4. The highest BCUT2D eigenvalue weighted by atomic mass is 14.3. The van der Waals surface area contributed by atoms with Gasteiger partial charge in [-0.05, 0) is 267 Å². The first-order valence-corrected chi connectivity index (χ1v) is 25.5. The molecule has 322 valence electrons. The third kappa shape index (κ3) is 3.99. The van der Waals surface area contributed by atoms with E-state index in [-0.39, 0.29) is 0 Å². The van der Waals surface area contributed by atoms with E-state index in [1.165, 1.54) is 206 Å². The van der Waals surface area contributed by atoms with Gasteiger partial charge in [-0.2, -0.15) is 0 Å². The van der Waals surface area contributed by atoms with Crippen LogP contribution in [0.3, 0.4) is 0 Å². The van der Waals surface area contributed by atoms with Gasteiger partial charge < -0.3 is 0 Å². The van der Waals surface area contributed by atoms with Crippen molar-refractivity contribution in [3.05, 3.63) is 206 Å². The van der Waals surface area contributed by atoms with Crippen LogP contribution in [-0.2, 0) is 0 Å². The zero-order valence-electron chi connectivity index (χ0n) is 38.6. The summed E-state index contributed by atoms with van der Waals surface area (Å²) in [6.07, 6.45) is 0. The predicted octanol–water partition coefficient (Wildman–Crippen LogP) is 20.5. The largest absolute Gasteiger partial charge is 0.0610 e. The molecule has 0 bridgehead atoms. The molecule has 0 nitrogen and oxygen atoms in total. The monoisotopic (exact) mass is 898 g/mol. The molecule has 0 heteroatoms. The van der Waals surface area contributed by atoms with Crippen LogP contribution >= 0.6 is 0 Å². The molecular formula is C72H34. The minimum atomic E-state index is 1.25. The molecular weight excluding hydrogens is 865 g/mol. The molecule has 0 fully saturated rings. The van der Waals surface area contributed by atoms with Crippen molar-refractivity contribution < 1.29 is 0 Å². The van der Waals surface area contributed by atoms with Crippen LogP contribution in [0, 0.1) is 0 Å². The van der Waals surface area contributed by atoms with Gasteiger partial charge in [0.25, 0.3) is 0 Å². The molecule has 18 aromatic carbocycles. The average molecular weight is 899 g/mol. The number of fused-ring (bicyclic) bond motifs is 20. The van der Waals surface area contributed by atoms with E-state index in [9.17, 15) is 0 Å². The molecule has 0 saturated heterocycles. The maximum atomic E-state index is 2.49. The molecule has 72 heavy (non-hydrogen) atoms. The van der Waals surface area contributed by atoms with Crippen LogP contribution in [-0.4, -0.2) is 0 Å². The molecule has 0 aliphatic heterocycles. The van der Waals surface area contributed by atoms with E-state index in [1.54, 1.807) is 0 Å². The van der Waals surface area contributed by atoms with E-state index in [0.717, 1.165) is 0 Å². The molecule has 0 saturated carbocycles. The van der Waals surface area contributed by atoms with E-state index >= 15 is 0 Å². The molecule has 0 spiro atoms. The fourth-order valence-electron chi connectivity index (χ4n) is 15.2. The van der Waals surface area contributed by atoms with Gasteiger partial charge in [0.05, 0.1) is 0 Å². The molecule has 0 atom stereocenters. The normalized spacial score (nSPS) is 13.3. The van der Waals surface area contributed by atoms with Gasteiger partial charge in [0.2, 0.25) is 0 Å². The lowest BCUT2D eigenvalue weighted by atomic mass is 9.93. The van der Waals surface area contributed by atoms with E-state index in [2.05, 4.69) is 206 Å². The van der Waals surface area contributed by atoms with Crippen LogP contribution in [0.25, 0.3) is 206 Å². The third-order valence-electron chi connectivity index (χ3n) is 18.2. The van der Waals surface area contributed by atoms with Gasteiger partial charge in [-0.1, -0.05) is 146 Å². The highest BCUT2D eigenvalue weighted by Crippen LogP contribution is 2.56. The maximum absolute atomic E-state index is 2.49. The van der Waals surface area contributed by atoms with E-state index in [4.69, 9.17) is 0 Å². The average Bonchev–Trinajstić information content (AvgIpc) is 4.25. The molecule has 0 unspecified atom stereocenters. The molecule has 2 aliphatic carbocycles. The van der Waals surface area contributed by atoms with Gasteiger partial charge in [0, 0.05) is 0 Å². The summed E-state index contributed by atoms with van der Waals surface area (Å²) < 4.78 is 0. The molecule has 20 rings (SSSR count). The lowest BCUT2D eigenvalue weighted by Crippen LogP contribution is -1.84. The van der Waals surface area contributed by atoms with Crippen molar-refractivity contribution in [2.45, 2.75) is 0 Å². The van der Waals surface area contributed by atoms with Crippen molar-refractivity contribution in [1.29, 1.82) is 0 Å². The second-order valence-corrected chi connectivity index (χ2v) is 21.4. The smallest absolute Gasteiger partial charge is 0.00139 e.